The normalized spacial score (nSPS) is 14.0. The molecule has 2 atom stereocenters. The second kappa shape index (κ2) is 11.1. The van der Waals surface area contributed by atoms with Crippen LogP contribution >= 0.6 is 0 Å². The number of aliphatic carboxylic acids is 2. The first-order valence-corrected chi connectivity index (χ1v) is 8.73. The maximum atomic E-state index is 11.5. The third-order valence-electron chi connectivity index (χ3n) is 3.94. The summed E-state index contributed by atoms with van der Waals surface area (Å²) in [7, 11) is 0. The average Bonchev–Trinajstić information content (AvgIpc) is 2.59. The fourth-order valence-electron chi connectivity index (χ4n) is 2.60. The van der Waals surface area contributed by atoms with Crippen LogP contribution in [0.1, 0.15) is 32.3 Å². The van der Waals surface area contributed by atoms with Gasteiger partial charge in [-0.05, 0) is 24.3 Å². The van der Waals surface area contributed by atoms with Gasteiger partial charge in [-0.15, -0.1) is 0 Å². The minimum absolute atomic E-state index is 0.0858. The van der Waals surface area contributed by atoms with Gasteiger partial charge in [0, 0.05) is 24.9 Å². The van der Waals surface area contributed by atoms with Crippen molar-refractivity contribution in [3.8, 4) is 0 Å². The predicted molar refractivity (Wildman–Crippen MR) is 100 cm³/mol. The summed E-state index contributed by atoms with van der Waals surface area (Å²) in [6.45, 7) is 4.39. The summed E-state index contributed by atoms with van der Waals surface area (Å²) >= 11 is 0. The van der Waals surface area contributed by atoms with E-state index in [9.17, 15) is 19.8 Å². The summed E-state index contributed by atoms with van der Waals surface area (Å²) < 4.78 is 0. The third-order valence-corrected chi connectivity index (χ3v) is 3.94. The number of nitrogens with two attached hydrogens (primary N) is 1. The smallest absolute Gasteiger partial charge is 0.321 e. The minimum Gasteiger partial charge on any atom is -0.480 e. The van der Waals surface area contributed by atoms with Crippen molar-refractivity contribution in [2.24, 2.45) is 11.7 Å². The van der Waals surface area contributed by atoms with Gasteiger partial charge in [-0.2, -0.15) is 0 Å². The lowest BCUT2D eigenvalue weighted by Crippen LogP contribution is -2.48. The van der Waals surface area contributed by atoms with E-state index in [-0.39, 0.29) is 12.3 Å². The molecule has 0 spiro atoms. The molecule has 0 amide bonds. The zero-order chi connectivity index (χ0) is 19.5. The van der Waals surface area contributed by atoms with Crippen LogP contribution < -0.4 is 16.4 Å². The molecule has 144 valence electrons. The van der Waals surface area contributed by atoms with Gasteiger partial charge in [-0.25, -0.2) is 0 Å². The van der Waals surface area contributed by atoms with Gasteiger partial charge >= 0.3 is 11.9 Å². The number of benzene rings is 1. The fourth-order valence-corrected chi connectivity index (χ4v) is 2.60. The Morgan fingerprint density at radius 1 is 1.12 bits per heavy atom. The van der Waals surface area contributed by atoms with Crippen LogP contribution in [0.4, 0.5) is 0 Å². The van der Waals surface area contributed by atoms with Crippen molar-refractivity contribution in [1.29, 1.82) is 0 Å². The topological polar surface area (TPSA) is 125 Å². The van der Waals surface area contributed by atoms with Crippen LogP contribution in [0.5, 0.6) is 0 Å². The Kier molecular flexibility index (Phi) is 9.22. The highest BCUT2D eigenvalue weighted by Crippen LogP contribution is 2.10. The number of carboxylic acids is 2. The summed E-state index contributed by atoms with van der Waals surface area (Å²) in [5.74, 6) is -2.03. The van der Waals surface area contributed by atoms with Crippen LogP contribution in [0.3, 0.4) is 0 Å². The molecule has 0 saturated heterocycles. The molecule has 0 radical (unpaired) electrons. The van der Waals surface area contributed by atoms with Crippen molar-refractivity contribution in [2.75, 3.05) is 6.54 Å². The molecule has 26 heavy (non-hydrogen) atoms. The van der Waals surface area contributed by atoms with E-state index in [1.165, 1.54) is 6.20 Å². The van der Waals surface area contributed by atoms with E-state index >= 15 is 0 Å². The van der Waals surface area contributed by atoms with Crippen molar-refractivity contribution < 1.29 is 19.8 Å². The largest absolute Gasteiger partial charge is 0.480 e. The fraction of sp³-hybridized carbons (Fsp3) is 0.474. The number of hydrogen-bond acceptors (Lipinski definition) is 5. The first-order valence-electron chi connectivity index (χ1n) is 8.73. The molecule has 0 aromatic heterocycles. The highest BCUT2D eigenvalue weighted by molar-refractivity contribution is 5.77. The van der Waals surface area contributed by atoms with E-state index in [2.05, 4.69) is 10.6 Å². The maximum Gasteiger partial charge on any atom is 0.321 e. The molecule has 0 aliphatic heterocycles. The second-order valence-corrected chi connectivity index (χ2v) is 6.64. The first-order chi connectivity index (χ1) is 12.3. The van der Waals surface area contributed by atoms with Gasteiger partial charge in [0.15, 0.2) is 0 Å². The second-order valence-electron chi connectivity index (χ2n) is 6.64. The zero-order valence-electron chi connectivity index (χ0n) is 15.3. The van der Waals surface area contributed by atoms with Gasteiger partial charge in [0.1, 0.15) is 12.1 Å². The number of hydrogen-bond donors (Lipinski definition) is 5. The Balaban J connectivity index is 2.62. The molecule has 1 aromatic carbocycles. The van der Waals surface area contributed by atoms with Crippen molar-refractivity contribution in [1.82, 2.24) is 10.6 Å². The summed E-state index contributed by atoms with van der Waals surface area (Å²) in [4.78, 5) is 22.9. The van der Waals surface area contributed by atoms with E-state index < -0.39 is 24.0 Å². The lowest BCUT2D eigenvalue weighted by atomic mass is 10.0. The number of carboxylic acid groups (broad SMARTS) is 2. The van der Waals surface area contributed by atoms with Gasteiger partial charge in [-0.3, -0.25) is 14.9 Å². The monoisotopic (exact) mass is 363 g/mol. The molecule has 6 N–H and O–H groups in total. The van der Waals surface area contributed by atoms with E-state index in [4.69, 9.17) is 5.73 Å². The molecule has 1 unspecified atom stereocenters. The van der Waals surface area contributed by atoms with E-state index in [0.717, 1.165) is 12.0 Å². The molecule has 7 nitrogen and oxygen atoms in total. The Morgan fingerprint density at radius 3 is 2.23 bits per heavy atom. The Morgan fingerprint density at radius 2 is 1.73 bits per heavy atom. The summed E-state index contributed by atoms with van der Waals surface area (Å²) in [6, 6.07) is 7.94. The van der Waals surface area contributed by atoms with Crippen LogP contribution in [-0.4, -0.2) is 40.8 Å². The molecule has 7 heteroatoms. The molecular weight excluding hydrogens is 334 g/mol. The average molecular weight is 363 g/mol. The van der Waals surface area contributed by atoms with E-state index in [1.54, 1.807) is 0 Å². The van der Waals surface area contributed by atoms with Crippen molar-refractivity contribution in [3.63, 3.8) is 0 Å². The Bertz CT molecular complexity index is 602. The van der Waals surface area contributed by atoms with Crippen molar-refractivity contribution in [2.45, 2.75) is 45.2 Å². The number of rotatable bonds is 12. The van der Waals surface area contributed by atoms with Gasteiger partial charge < -0.3 is 21.3 Å². The molecule has 0 bridgehead atoms. The molecular formula is C19H29N3O4. The summed E-state index contributed by atoms with van der Waals surface area (Å²) in [5.41, 5.74) is 7.33. The van der Waals surface area contributed by atoms with Crippen LogP contribution in [0, 0.1) is 5.92 Å². The minimum atomic E-state index is -1.11. The molecule has 0 heterocycles. The van der Waals surface area contributed by atoms with Crippen LogP contribution in [0.2, 0.25) is 0 Å². The van der Waals surface area contributed by atoms with Gasteiger partial charge in [-0.1, -0.05) is 44.2 Å². The first kappa shape index (κ1) is 21.5. The van der Waals surface area contributed by atoms with E-state index in [1.807, 2.05) is 44.2 Å². The third kappa shape index (κ3) is 8.02. The van der Waals surface area contributed by atoms with Gasteiger partial charge in [0.2, 0.25) is 0 Å². The predicted octanol–water partition coefficient (Wildman–Crippen LogP) is 1.55. The molecule has 1 rings (SSSR count). The Hall–Kier alpha value is -2.54. The molecule has 0 aliphatic carbocycles. The Labute approximate surface area is 154 Å². The van der Waals surface area contributed by atoms with Gasteiger partial charge in [0.05, 0.1) is 0 Å². The SMILES string of the molecule is CC(C)CC(N[C@@H](C/C(=C/N)NCCc1ccccc1)C(=O)O)C(=O)O. The van der Waals surface area contributed by atoms with Crippen molar-refractivity contribution >= 4 is 11.9 Å². The van der Waals surface area contributed by atoms with Gasteiger partial charge in [0.25, 0.3) is 0 Å². The highest BCUT2D eigenvalue weighted by Gasteiger charge is 2.27. The molecule has 0 saturated carbocycles. The number of nitrogens with one attached hydrogen (secondary N) is 2. The zero-order valence-corrected chi connectivity index (χ0v) is 15.3. The van der Waals surface area contributed by atoms with E-state index in [0.29, 0.717) is 18.7 Å². The lowest BCUT2D eigenvalue weighted by Gasteiger charge is -2.23. The molecule has 0 aliphatic rings. The van der Waals surface area contributed by atoms with Crippen LogP contribution in [0.15, 0.2) is 42.2 Å². The number of carbonyl (C=O) groups is 2. The lowest BCUT2D eigenvalue weighted by molar-refractivity contribution is -0.142. The van der Waals surface area contributed by atoms with Crippen LogP contribution in [0.25, 0.3) is 0 Å². The molecule has 1 aromatic rings. The highest BCUT2D eigenvalue weighted by atomic mass is 16.4. The molecule has 0 fully saturated rings. The standard InChI is InChI=1S/C19H29N3O4/c1-13(2)10-16(18(23)24)22-17(19(25)26)11-15(12-20)21-9-8-14-6-4-3-5-7-14/h3-7,12-13,16-17,21-22H,8-11,20H2,1-2H3,(H,23,24)(H,25,26)/b15-12-/t16?,17-/m0/s1. The maximum absolute atomic E-state index is 11.5. The van der Waals surface area contributed by atoms with Crippen molar-refractivity contribution in [3.05, 3.63) is 47.8 Å². The summed E-state index contributed by atoms with van der Waals surface area (Å²) in [6.07, 6.45) is 2.54. The summed E-state index contributed by atoms with van der Waals surface area (Å²) in [5, 5.41) is 24.6. The quantitative estimate of drug-likeness (QED) is 0.381. The van der Waals surface area contributed by atoms with Crippen LogP contribution in [-0.2, 0) is 16.0 Å².